The van der Waals surface area contributed by atoms with Crippen LogP contribution in [0.5, 0.6) is 11.5 Å². The number of ether oxygens (including phenoxy) is 1. The van der Waals surface area contributed by atoms with E-state index in [0.29, 0.717) is 6.61 Å². The van der Waals surface area contributed by atoms with E-state index in [1.807, 2.05) is 30.3 Å². The Balaban J connectivity index is 1.67. The molecule has 0 aromatic heterocycles. The summed E-state index contributed by atoms with van der Waals surface area (Å²) in [5, 5.41) is 16.1. The van der Waals surface area contributed by atoms with Crippen LogP contribution >= 0.6 is 0 Å². The van der Waals surface area contributed by atoms with Crippen molar-refractivity contribution in [3.8, 4) is 44.9 Å². The second-order valence-corrected chi connectivity index (χ2v) is 10.7. The first-order chi connectivity index (χ1) is 20.3. The van der Waals surface area contributed by atoms with E-state index in [1.165, 1.54) is 19.3 Å². The lowest BCUT2D eigenvalue weighted by molar-refractivity contribution is 0.309. The first-order valence-electron chi connectivity index (χ1n) is 14.8. The number of fused-ring (bicyclic) bond motifs is 2. The van der Waals surface area contributed by atoms with E-state index >= 15 is 0 Å². The van der Waals surface area contributed by atoms with E-state index in [9.17, 15) is 5.11 Å². The molecular formula is C39H36O2. The zero-order valence-corrected chi connectivity index (χ0v) is 23.6. The van der Waals surface area contributed by atoms with Crippen LogP contribution in [0.25, 0.3) is 54.9 Å². The third-order valence-corrected chi connectivity index (χ3v) is 7.94. The van der Waals surface area contributed by atoms with Crippen LogP contribution in [0.2, 0.25) is 0 Å². The summed E-state index contributed by atoms with van der Waals surface area (Å²) in [5.41, 5.74) is 5.93. The van der Waals surface area contributed by atoms with E-state index in [0.717, 1.165) is 73.5 Å². The third-order valence-electron chi connectivity index (χ3n) is 7.94. The average Bonchev–Trinajstić information content (AvgIpc) is 3.03. The van der Waals surface area contributed by atoms with Crippen molar-refractivity contribution in [1.82, 2.24) is 0 Å². The van der Waals surface area contributed by atoms with E-state index in [4.69, 9.17) is 4.74 Å². The lowest BCUT2D eigenvalue weighted by Gasteiger charge is -2.23. The van der Waals surface area contributed by atoms with Crippen LogP contribution in [0.4, 0.5) is 0 Å². The minimum Gasteiger partial charge on any atom is -0.507 e. The van der Waals surface area contributed by atoms with Crippen LogP contribution < -0.4 is 4.74 Å². The molecule has 41 heavy (non-hydrogen) atoms. The second-order valence-electron chi connectivity index (χ2n) is 10.7. The van der Waals surface area contributed by atoms with Crippen molar-refractivity contribution in [2.75, 3.05) is 6.61 Å². The summed E-state index contributed by atoms with van der Waals surface area (Å²) in [6.45, 7) is 2.87. The van der Waals surface area contributed by atoms with Crippen LogP contribution in [0.1, 0.15) is 39.0 Å². The van der Waals surface area contributed by atoms with Crippen LogP contribution in [0.3, 0.4) is 0 Å². The third kappa shape index (κ3) is 5.43. The molecule has 6 aromatic rings. The topological polar surface area (TPSA) is 29.5 Å². The molecule has 0 aliphatic heterocycles. The molecule has 0 radical (unpaired) electrons. The summed E-state index contributed by atoms with van der Waals surface area (Å²) in [7, 11) is 0. The van der Waals surface area contributed by atoms with Gasteiger partial charge in [-0.3, -0.25) is 0 Å². The van der Waals surface area contributed by atoms with Gasteiger partial charge in [0.1, 0.15) is 11.5 Å². The van der Waals surface area contributed by atoms with Gasteiger partial charge in [0.25, 0.3) is 0 Å². The van der Waals surface area contributed by atoms with Crippen LogP contribution in [0, 0.1) is 0 Å². The first-order valence-corrected chi connectivity index (χ1v) is 14.8. The molecule has 6 rings (SSSR count). The molecule has 0 bridgehead atoms. The summed E-state index contributed by atoms with van der Waals surface area (Å²) in [5.74, 6) is 1.11. The van der Waals surface area contributed by atoms with Crippen molar-refractivity contribution in [3.05, 3.63) is 121 Å². The fourth-order valence-corrected chi connectivity index (χ4v) is 5.86. The highest BCUT2D eigenvalue weighted by Gasteiger charge is 2.25. The minimum absolute atomic E-state index is 0.280. The average molecular weight is 537 g/mol. The SMILES string of the molecule is CCCCCCCOc1c(-c2c(-c3ccccc3)cc3ccccc3c2O)c(-c2ccccc2)cc2ccccc12. The molecule has 2 nitrogen and oxygen atoms in total. The molecule has 0 saturated heterocycles. The molecule has 0 atom stereocenters. The van der Waals surface area contributed by atoms with E-state index in [2.05, 4.69) is 97.9 Å². The van der Waals surface area contributed by atoms with Crippen molar-refractivity contribution in [1.29, 1.82) is 0 Å². The quantitative estimate of drug-likeness (QED) is 0.176. The highest BCUT2D eigenvalue weighted by Crippen LogP contribution is 2.52. The molecule has 0 amide bonds. The standard InChI is InChI=1S/C39H36O2/c1-2-3-4-5-16-25-41-39-33-24-15-13-22-31(33)27-35(29-19-10-7-11-20-29)37(39)36-34(28-17-8-6-9-18-28)26-30-21-12-14-23-32(30)38(36)40/h6-15,17-24,26-27,40H,2-5,16,25H2,1H3. The molecule has 204 valence electrons. The number of phenols is 1. The Kier molecular flexibility index (Phi) is 8.00. The lowest BCUT2D eigenvalue weighted by Crippen LogP contribution is -2.02. The van der Waals surface area contributed by atoms with E-state index in [1.54, 1.807) is 0 Å². The molecule has 2 heteroatoms. The predicted octanol–water partition coefficient (Wildman–Crippen LogP) is 11.0. The summed E-state index contributed by atoms with van der Waals surface area (Å²) in [4.78, 5) is 0. The van der Waals surface area contributed by atoms with Gasteiger partial charge in [-0.15, -0.1) is 0 Å². The molecule has 1 N–H and O–H groups in total. The summed E-state index contributed by atoms with van der Waals surface area (Å²) >= 11 is 0. The van der Waals surface area contributed by atoms with Crippen LogP contribution in [-0.2, 0) is 0 Å². The van der Waals surface area contributed by atoms with Gasteiger partial charge in [0.2, 0.25) is 0 Å². The number of benzene rings is 6. The molecule has 0 fully saturated rings. The maximum Gasteiger partial charge on any atom is 0.135 e. The normalized spacial score (nSPS) is 11.2. The Morgan fingerprint density at radius 2 is 1.05 bits per heavy atom. The van der Waals surface area contributed by atoms with Gasteiger partial charge in [-0.05, 0) is 51.6 Å². The maximum absolute atomic E-state index is 12.1. The lowest BCUT2D eigenvalue weighted by atomic mass is 9.84. The minimum atomic E-state index is 0.280. The Morgan fingerprint density at radius 3 is 1.68 bits per heavy atom. The van der Waals surface area contributed by atoms with Crippen molar-refractivity contribution in [2.24, 2.45) is 0 Å². The van der Waals surface area contributed by atoms with Gasteiger partial charge >= 0.3 is 0 Å². The zero-order chi connectivity index (χ0) is 28.0. The Morgan fingerprint density at radius 1 is 0.537 bits per heavy atom. The smallest absolute Gasteiger partial charge is 0.135 e. The number of rotatable bonds is 10. The summed E-state index contributed by atoms with van der Waals surface area (Å²) in [6.07, 6.45) is 5.84. The number of aromatic hydroxyl groups is 1. The maximum atomic E-state index is 12.1. The largest absolute Gasteiger partial charge is 0.507 e. The van der Waals surface area contributed by atoms with Gasteiger partial charge in [-0.25, -0.2) is 0 Å². The first kappa shape index (κ1) is 26.7. The number of phenolic OH excluding ortho intramolecular Hbond substituents is 1. The van der Waals surface area contributed by atoms with Crippen molar-refractivity contribution >= 4 is 21.5 Å². The molecule has 0 aliphatic rings. The number of unbranched alkanes of at least 4 members (excludes halogenated alkanes) is 4. The predicted molar refractivity (Wildman–Crippen MR) is 174 cm³/mol. The molecular weight excluding hydrogens is 500 g/mol. The Labute approximate surface area is 242 Å². The molecule has 6 aromatic carbocycles. The van der Waals surface area contributed by atoms with Gasteiger partial charge in [-0.2, -0.15) is 0 Å². The van der Waals surface area contributed by atoms with Gasteiger partial charge in [0.05, 0.1) is 6.61 Å². The van der Waals surface area contributed by atoms with Crippen molar-refractivity contribution < 1.29 is 9.84 Å². The summed E-state index contributed by atoms with van der Waals surface area (Å²) < 4.78 is 6.79. The van der Waals surface area contributed by atoms with Gasteiger partial charge < -0.3 is 9.84 Å². The van der Waals surface area contributed by atoms with E-state index in [-0.39, 0.29) is 5.75 Å². The monoisotopic (exact) mass is 536 g/mol. The van der Waals surface area contributed by atoms with Crippen LogP contribution in [-0.4, -0.2) is 11.7 Å². The van der Waals surface area contributed by atoms with Gasteiger partial charge in [0.15, 0.2) is 0 Å². The molecule has 0 unspecified atom stereocenters. The van der Waals surface area contributed by atoms with E-state index < -0.39 is 0 Å². The Hall–Kier alpha value is -4.56. The van der Waals surface area contributed by atoms with Gasteiger partial charge in [0, 0.05) is 21.9 Å². The molecule has 0 aliphatic carbocycles. The summed E-state index contributed by atoms with van der Waals surface area (Å²) in [6, 6.07) is 41.8. The van der Waals surface area contributed by atoms with Crippen molar-refractivity contribution in [2.45, 2.75) is 39.0 Å². The number of hydrogen-bond acceptors (Lipinski definition) is 2. The van der Waals surface area contributed by atoms with Crippen molar-refractivity contribution in [3.63, 3.8) is 0 Å². The second kappa shape index (κ2) is 12.3. The Bertz CT molecular complexity index is 1770. The molecule has 0 spiro atoms. The fraction of sp³-hybridized carbons (Fsp3) is 0.179. The van der Waals surface area contributed by atoms with Gasteiger partial charge in [-0.1, -0.05) is 142 Å². The zero-order valence-electron chi connectivity index (χ0n) is 23.6. The highest BCUT2D eigenvalue weighted by atomic mass is 16.5. The molecule has 0 saturated carbocycles. The fourth-order valence-electron chi connectivity index (χ4n) is 5.86. The number of hydrogen-bond donors (Lipinski definition) is 1. The molecule has 0 heterocycles. The highest BCUT2D eigenvalue weighted by molar-refractivity contribution is 6.10. The van der Waals surface area contributed by atoms with Crippen LogP contribution in [0.15, 0.2) is 121 Å².